The van der Waals surface area contributed by atoms with Gasteiger partial charge in [0.25, 0.3) is 0 Å². The molecule has 0 saturated carbocycles. The van der Waals surface area contributed by atoms with Gasteiger partial charge in [-0.1, -0.05) is 12.2 Å². The highest BCUT2D eigenvalue weighted by molar-refractivity contribution is 5.90. The lowest BCUT2D eigenvalue weighted by atomic mass is 10.2. The molecule has 5 heteroatoms. The third-order valence-electron chi connectivity index (χ3n) is 3.03. The Morgan fingerprint density at radius 2 is 1.86 bits per heavy atom. The van der Waals surface area contributed by atoms with Crippen LogP contribution < -0.4 is 5.32 Å². The highest BCUT2D eigenvalue weighted by Crippen LogP contribution is 2.10. The number of likely N-dealkylation sites (N-methyl/N-ethyl adjacent to an activating group) is 1. The number of esters is 1. The fourth-order valence-electron chi connectivity index (χ4n) is 1.93. The Hall–Kier alpha value is -2.30. The van der Waals surface area contributed by atoms with Crippen molar-refractivity contribution in [1.82, 2.24) is 4.90 Å². The van der Waals surface area contributed by atoms with Gasteiger partial charge < -0.3 is 15.0 Å². The normalized spacial score (nSPS) is 9.95. The molecule has 0 fully saturated rings. The number of amides is 1. The van der Waals surface area contributed by atoms with E-state index in [9.17, 15) is 9.59 Å². The Kier molecular flexibility index (Phi) is 7.16. The Bertz CT molecular complexity index is 523. The van der Waals surface area contributed by atoms with Crippen molar-refractivity contribution in [2.75, 3.05) is 31.6 Å². The second-order valence-electron chi connectivity index (χ2n) is 5.02. The average molecular weight is 304 g/mol. The van der Waals surface area contributed by atoms with Crippen LogP contribution in [0.1, 0.15) is 31.1 Å². The van der Waals surface area contributed by atoms with E-state index in [0.717, 1.165) is 11.3 Å². The lowest BCUT2D eigenvalue weighted by Crippen LogP contribution is -2.36. The fourth-order valence-corrected chi connectivity index (χ4v) is 1.93. The van der Waals surface area contributed by atoms with Crippen LogP contribution in [0.25, 0.3) is 0 Å². The third kappa shape index (κ3) is 5.60. The summed E-state index contributed by atoms with van der Waals surface area (Å²) in [5.74, 6) is -0.330. The molecule has 0 spiro atoms. The highest BCUT2D eigenvalue weighted by atomic mass is 16.5. The molecule has 1 aromatic carbocycles. The summed E-state index contributed by atoms with van der Waals surface area (Å²) in [5, 5.41) is 3.06. The zero-order valence-corrected chi connectivity index (χ0v) is 13.5. The topological polar surface area (TPSA) is 58.6 Å². The minimum atomic E-state index is -0.344. The number of carbonyl (C=O) groups excluding carboxylic acids is 2. The van der Waals surface area contributed by atoms with Crippen molar-refractivity contribution < 1.29 is 14.3 Å². The van der Waals surface area contributed by atoms with Crippen LogP contribution in [0.5, 0.6) is 0 Å². The number of nitrogens with one attached hydrogen (secondary N) is 1. The first-order valence-electron chi connectivity index (χ1n) is 7.41. The third-order valence-corrected chi connectivity index (χ3v) is 3.03. The number of carbonyl (C=O) groups is 2. The van der Waals surface area contributed by atoms with Crippen molar-refractivity contribution in [1.29, 1.82) is 0 Å². The van der Waals surface area contributed by atoms with E-state index in [1.807, 2.05) is 13.8 Å². The van der Waals surface area contributed by atoms with Crippen molar-refractivity contribution in [3.8, 4) is 0 Å². The van der Waals surface area contributed by atoms with Gasteiger partial charge in [0, 0.05) is 18.8 Å². The molecule has 0 unspecified atom stereocenters. The Morgan fingerprint density at radius 1 is 1.23 bits per heavy atom. The Labute approximate surface area is 132 Å². The van der Waals surface area contributed by atoms with Gasteiger partial charge in [0.05, 0.1) is 18.7 Å². The molecule has 0 radical (unpaired) electrons. The van der Waals surface area contributed by atoms with Gasteiger partial charge in [0.15, 0.2) is 0 Å². The molecular formula is C17H24N2O3. The molecule has 5 nitrogen and oxygen atoms in total. The van der Waals surface area contributed by atoms with E-state index >= 15 is 0 Å². The molecule has 0 bridgehead atoms. The monoisotopic (exact) mass is 304 g/mol. The summed E-state index contributed by atoms with van der Waals surface area (Å²) in [5.41, 5.74) is 2.23. The molecule has 0 aromatic heterocycles. The van der Waals surface area contributed by atoms with E-state index in [2.05, 4.69) is 11.9 Å². The number of rotatable bonds is 8. The van der Waals surface area contributed by atoms with Gasteiger partial charge in [-0.3, -0.25) is 4.79 Å². The molecule has 1 N–H and O–H groups in total. The van der Waals surface area contributed by atoms with E-state index in [0.29, 0.717) is 25.3 Å². The van der Waals surface area contributed by atoms with Gasteiger partial charge >= 0.3 is 5.97 Å². The van der Waals surface area contributed by atoms with Gasteiger partial charge in [-0.05, 0) is 45.0 Å². The Morgan fingerprint density at radius 3 is 2.36 bits per heavy atom. The van der Waals surface area contributed by atoms with Gasteiger partial charge in [0.2, 0.25) is 5.91 Å². The minimum absolute atomic E-state index is 0.0139. The van der Waals surface area contributed by atoms with Crippen molar-refractivity contribution >= 4 is 17.6 Å². The number of ether oxygens (including phenoxy) is 1. The molecule has 0 aliphatic rings. The molecule has 1 rings (SSSR count). The van der Waals surface area contributed by atoms with Crippen LogP contribution in [-0.2, 0) is 9.53 Å². The van der Waals surface area contributed by atoms with E-state index < -0.39 is 0 Å². The van der Waals surface area contributed by atoms with E-state index in [1.54, 1.807) is 36.1 Å². The van der Waals surface area contributed by atoms with Crippen molar-refractivity contribution in [3.63, 3.8) is 0 Å². The van der Waals surface area contributed by atoms with Crippen LogP contribution >= 0.6 is 0 Å². The summed E-state index contributed by atoms with van der Waals surface area (Å²) in [6.45, 7) is 11.2. The standard InChI is InChI=1S/C17H24N2O3/c1-5-19(12-13(3)4)16(20)11-18-15-9-7-14(8-10-15)17(21)22-6-2/h7-10,18H,3,5-6,11-12H2,1-2,4H3. The number of hydrogen-bond donors (Lipinski definition) is 1. The number of benzene rings is 1. The summed E-state index contributed by atoms with van der Waals surface area (Å²) in [4.78, 5) is 25.4. The van der Waals surface area contributed by atoms with Gasteiger partial charge in [-0.15, -0.1) is 0 Å². The van der Waals surface area contributed by atoms with Gasteiger partial charge in [-0.25, -0.2) is 4.79 Å². The van der Waals surface area contributed by atoms with Crippen LogP contribution in [-0.4, -0.2) is 43.0 Å². The van der Waals surface area contributed by atoms with Crippen LogP contribution in [0.3, 0.4) is 0 Å². The maximum atomic E-state index is 12.1. The lowest BCUT2D eigenvalue weighted by Gasteiger charge is -2.21. The van der Waals surface area contributed by atoms with Crippen molar-refractivity contribution in [2.45, 2.75) is 20.8 Å². The molecule has 0 saturated heterocycles. The summed E-state index contributed by atoms with van der Waals surface area (Å²) in [6.07, 6.45) is 0. The minimum Gasteiger partial charge on any atom is -0.462 e. The summed E-state index contributed by atoms with van der Waals surface area (Å²) in [6, 6.07) is 6.87. The molecule has 0 aliphatic heterocycles. The Balaban J connectivity index is 2.55. The molecule has 0 aliphatic carbocycles. The number of hydrogen-bond acceptors (Lipinski definition) is 4. The van der Waals surface area contributed by atoms with E-state index in [1.165, 1.54) is 0 Å². The van der Waals surface area contributed by atoms with Crippen LogP contribution in [0.4, 0.5) is 5.69 Å². The second kappa shape index (κ2) is 8.87. The molecular weight excluding hydrogens is 280 g/mol. The first-order chi connectivity index (χ1) is 10.5. The zero-order chi connectivity index (χ0) is 16.5. The maximum Gasteiger partial charge on any atom is 0.338 e. The largest absolute Gasteiger partial charge is 0.462 e. The molecule has 22 heavy (non-hydrogen) atoms. The van der Waals surface area contributed by atoms with Crippen LogP contribution in [0.15, 0.2) is 36.4 Å². The van der Waals surface area contributed by atoms with Gasteiger partial charge in [0.1, 0.15) is 0 Å². The SMILES string of the molecule is C=C(C)CN(CC)C(=O)CNc1ccc(C(=O)OCC)cc1. The summed E-state index contributed by atoms with van der Waals surface area (Å²) < 4.78 is 4.92. The molecule has 1 amide bonds. The molecule has 0 heterocycles. The van der Waals surface area contributed by atoms with Crippen molar-refractivity contribution in [2.24, 2.45) is 0 Å². The smallest absolute Gasteiger partial charge is 0.338 e. The fraction of sp³-hybridized carbons (Fsp3) is 0.412. The molecule has 120 valence electrons. The van der Waals surface area contributed by atoms with E-state index in [4.69, 9.17) is 4.74 Å². The van der Waals surface area contributed by atoms with Gasteiger partial charge in [-0.2, -0.15) is 0 Å². The van der Waals surface area contributed by atoms with Crippen LogP contribution in [0.2, 0.25) is 0 Å². The number of nitrogens with zero attached hydrogens (tertiary/aromatic N) is 1. The first-order valence-corrected chi connectivity index (χ1v) is 7.41. The maximum absolute atomic E-state index is 12.1. The van der Waals surface area contributed by atoms with Crippen molar-refractivity contribution in [3.05, 3.63) is 42.0 Å². The predicted octanol–water partition coefficient (Wildman–Crippen LogP) is 2.70. The highest BCUT2D eigenvalue weighted by Gasteiger charge is 2.11. The predicted molar refractivity (Wildman–Crippen MR) is 88.0 cm³/mol. The quantitative estimate of drug-likeness (QED) is 0.592. The number of anilines is 1. The molecule has 0 atom stereocenters. The van der Waals surface area contributed by atoms with E-state index in [-0.39, 0.29) is 18.4 Å². The summed E-state index contributed by atoms with van der Waals surface area (Å²) in [7, 11) is 0. The molecule has 1 aromatic rings. The zero-order valence-electron chi connectivity index (χ0n) is 13.5. The average Bonchev–Trinajstić information content (AvgIpc) is 2.50. The first kappa shape index (κ1) is 17.8. The lowest BCUT2D eigenvalue weighted by molar-refractivity contribution is -0.128. The second-order valence-corrected chi connectivity index (χ2v) is 5.02. The van der Waals surface area contributed by atoms with Crippen LogP contribution in [0, 0.1) is 0 Å². The summed E-state index contributed by atoms with van der Waals surface area (Å²) >= 11 is 0.